The Kier molecular flexibility index (Phi) is 2.75. The molecule has 0 saturated carbocycles. The fraction of sp³-hybridized carbons (Fsp3) is 0.333. The van der Waals surface area contributed by atoms with Crippen LogP contribution < -0.4 is 4.90 Å². The summed E-state index contributed by atoms with van der Waals surface area (Å²) < 4.78 is 0. The number of carboxylic acid groups (broad SMARTS) is 1. The van der Waals surface area contributed by atoms with Gasteiger partial charge in [0, 0.05) is 26.3 Å². The van der Waals surface area contributed by atoms with Crippen molar-refractivity contribution in [1.29, 1.82) is 0 Å². The van der Waals surface area contributed by atoms with E-state index in [1.807, 2.05) is 0 Å². The highest BCUT2D eigenvalue weighted by Crippen LogP contribution is 2.29. The second-order valence-corrected chi connectivity index (χ2v) is 4.23. The van der Waals surface area contributed by atoms with Crippen LogP contribution in [0.25, 0.3) is 0 Å². The Morgan fingerprint density at radius 2 is 2.06 bits per heavy atom. The maximum atomic E-state index is 11.9. The molecule has 1 aromatic rings. The predicted octanol–water partition coefficient (Wildman–Crippen LogP) is 1.43. The lowest BCUT2D eigenvalue weighted by molar-refractivity contribution is 0.0697. The SMILES string of the molecule is CN(C)C(=O)N1CCc2ccc(C(=O)O)cc21. The number of rotatable bonds is 1. The van der Waals surface area contributed by atoms with Crippen molar-refractivity contribution < 1.29 is 14.7 Å². The lowest BCUT2D eigenvalue weighted by atomic mass is 10.1. The molecule has 2 amide bonds. The molecule has 1 aromatic carbocycles. The minimum Gasteiger partial charge on any atom is -0.478 e. The summed E-state index contributed by atoms with van der Waals surface area (Å²) in [5, 5.41) is 8.94. The second kappa shape index (κ2) is 4.08. The Balaban J connectivity index is 2.39. The highest BCUT2D eigenvalue weighted by Gasteiger charge is 2.26. The zero-order valence-electron chi connectivity index (χ0n) is 9.80. The summed E-state index contributed by atoms with van der Waals surface area (Å²) in [6.45, 7) is 0.607. The van der Waals surface area contributed by atoms with Crippen molar-refractivity contribution in [3.05, 3.63) is 29.3 Å². The summed E-state index contributed by atoms with van der Waals surface area (Å²) in [4.78, 5) is 25.9. The van der Waals surface area contributed by atoms with Crippen molar-refractivity contribution in [3.8, 4) is 0 Å². The molecule has 90 valence electrons. The molecule has 5 heteroatoms. The van der Waals surface area contributed by atoms with E-state index in [1.165, 1.54) is 4.90 Å². The van der Waals surface area contributed by atoms with Gasteiger partial charge in [-0.2, -0.15) is 0 Å². The van der Waals surface area contributed by atoms with Gasteiger partial charge in [-0.1, -0.05) is 6.07 Å². The topological polar surface area (TPSA) is 60.9 Å². The molecule has 0 atom stereocenters. The number of hydrogen-bond donors (Lipinski definition) is 1. The Morgan fingerprint density at radius 3 is 2.65 bits per heavy atom. The summed E-state index contributed by atoms with van der Waals surface area (Å²) in [5.74, 6) is -0.975. The lowest BCUT2D eigenvalue weighted by Gasteiger charge is -2.22. The average molecular weight is 234 g/mol. The molecule has 2 rings (SSSR count). The molecule has 17 heavy (non-hydrogen) atoms. The van der Waals surface area contributed by atoms with E-state index in [0.717, 1.165) is 12.0 Å². The smallest absolute Gasteiger partial charge is 0.335 e. The Morgan fingerprint density at radius 1 is 1.35 bits per heavy atom. The molecule has 0 spiro atoms. The van der Waals surface area contributed by atoms with E-state index < -0.39 is 5.97 Å². The molecule has 0 aliphatic carbocycles. The van der Waals surface area contributed by atoms with Gasteiger partial charge in [-0.3, -0.25) is 4.90 Å². The number of amides is 2. The monoisotopic (exact) mass is 234 g/mol. The third kappa shape index (κ3) is 1.95. The highest BCUT2D eigenvalue weighted by atomic mass is 16.4. The minimum absolute atomic E-state index is 0.119. The van der Waals surface area contributed by atoms with E-state index in [9.17, 15) is 9.59 Å². The summed E-state index contributed by atoms with van der Waals surface area (Å²) in [7, 11) is 3.36. The zero-order valence-corrected chi connectivity index (χ0v) is 9.80. The quantitative estimate of drug-likeness (QED) is 0.799. The van der Waals surface area contributed by atoms with Crippen molar-refractivity contribution >= 4 is 17.7 Å². The van der Waals surface area contributed by atoms with E-state index in [1.54, 1.807) is 37.2 Å². The van der Waals surface area contributed by atoms with Crippen molar-refractivity contribution in [2.75, 3.05) is 25.5 Å². The highest BCUT2D eigenvalue weighted by molar-refractivity contribution is 5.96. The van der Waals surface area contributed by atoms with Gasteiger partial charge in [-0.25, -0.2) is 9.59 Å². The number of carbonyl (C=O) groups is 2. The van der Waals surface area contributed by atoms with E-state index in [-0.39, 0.29) is 11.6 Å². The van der Waals surface area contributed by atoms with Gasteiger partial charge < -0.3 is 10.0 Å². The molecule has 0 saturated heterocycles. The average Bonchev–Trinajstić information content (AvgIpc) is 2.70. The van der Waals surface area contributed by atoms with E-state index >= 15 is 0 Å². The second-order valence-electron chi connectivity index (χ2n) is 4.23. The van der Waals surface area contributed by atoms with Gasteiger partial charge in [0.2, 0.25) is 0 Å². The molecule has 0 unspecified atom stereocenters. The first-order valence-electron chi connectivity index (χ1n) is 5.35. The van der Waals surface area contributed by atoms with Crippen LogP contribution in [0.3, 0.4) is 0 Å². The Labute approximate surface area is 99.3 Å². The first kappa shape index (κ1) is 11.4. The zero-order chi connectivity index (χ0) is 12.6. The molecular formula is C12H14N2O3. The fourth-order valence-electron chi connectivity index (χ4n) is 1.95. The van der Waals surface area contributed by atoms with E-state index in [4.69, 9.17) is 5.11 Å². The number of hydrogen-bond acceptors (Lipinski definition) is 2. The molecule has 5 nitrogen and oxygen atoms in total. The van der Waals surface area contributed by atoms with Crippen LogP contribution in [0, 0.1) is 0 Å². The lowest BCUT2D eigenvalue weighted by Crippen LogP contribution is -2.38. The normalized spacial score (nSPS) is 13.4. The Hall–Kier alpha value is -2.04. The van der Waals surface area contributed by atoms with Crippen molar-refractivity contribution in [3.63, 3.8) is 0 Å². The third-order valence-electron chi connectivity index (χ3n) is 2.84. The first-order valence-corrected chi connectivity index (χ1v) is 5.35. The molecule has 1 heterocycles. The van der Waals surface area contributed by atoms with Crippen LogP contribution in [0.4, 0.5) is 10.5 Å². The molecule has 0 bridgehead atoms. The van der Waals surface area contributed by atoms with Crippen LogP contribution in [-0.4, -0.2) is 42.6 Å². The third-order valence-corrected chi connectivity index (χ3v) is 2.84. The number of anilines is 1. The van der Waals surface area contributed by atoms with Gasteiger partial charge in [-0.15, -0.1) is 0 Å². The van der Waals surface area contributed by atoms with Crippen molar-refractivity contribution in [1.82, 2.24) is 4.90 Å². The van der Waals surface area contributed by atoms with Crippen LogP contribution in [0.5, 0.6) is 0 Å². The van der Waals surface area contributed by atoms with Crippen LogP contribution in [0.15, 0.2) is 18.2 Å². The van der Waals surface area contributed by atoms with Crippen molar-refractivity contribution in [2.45, 2.75) is 6.42 Å². The maximum Gasteiger partial charge on any atom is 0.335 e. The summed E-state index contributed by atoms with van der Waals surface area (Å²) >= 11 is 0. The molecular weight excluding hydrogens is 220 g/mol. The molecule has 0 aromatic heterocycles. The molecule has 0 radical (unpaired) electrons. The number of carboxylic acids is 1. The summed E-state index contributed by atoms with van der Waals surface area (Å²) in [5.41, 5.74) is 1.94. The fourth-order valence-corrected chi connectivity index (χ4v) is 1.95. The number of nitrogens with zero attached hydrogens (tertiary/aromatic N) is 2. The standard InChI is InChI=1S/C12H14N2O3/c1-13(2)12(17)14-6-5-8-3-4-9(11(15)16)7-10(8)14/h3-4,7H,5-6H2,1-2H3,(H,15,16). The maximum absolute atomic E-state index is 11.9. The van der Waals surface area contributed by atoms with Gasteiger partial charge >= 0.3 is 12.0 Å². The van der Waals surface area contributed by atoms with Crippen LogP contribution in [0.1, 0.15) is 15.9 Å². The number of benzene rings is 1. The number of urea groups is 1. The number of fused-ring (bicyclic) bond motifs is 1. The predicted molar refractivity (Wildman–Crippen MR) is 63.5 cm³/mol. The van der Waals surface area contributed by atoms with Crippen LogP contribution in [-0.2, 0) is 6.42 Å². The van der Waals surface area contributed by atoms with Gasteiger partial charge in [0.05, 0.1) is 5.56 Å². The minimum atomic E-state index is -0.975. The largest absolute Gasteiger partial charge is 0.478 e. The van der Waals surface area contributed by atoms with E-state index in [2.05, 4.69) is 0 Å². The van der Waals surface area contributed by atoms with E-state index in [0.29, 0.717) is 12.2 Å². The number of carbonyl (C=O) groups excluding carboxylic acids is 1. The molecule has 0 fully saturated rings. The molecule has 1 aliphatic rings. The first-order chi connectivity index (χ1) is 8.00. The molecule has 1 aliphatic heterocycles. The number of aromatic carboxylic acids is 1. The van der Waals surface area contributed by atoms with Gasteiger partial charge in [0.25, 0.3) is 0 Å². The van der Waals surface area contributed by atoms with Crippen molar-refractivity contribution in [2.24, 2.45) is 0 Å². The molecule has 1 N–H and O–H groups in total. The summed E-state index contributed by atoms with van der Waals surface area (Å²) in [6, 6.07) is 4.80. The van der Waals surface area contributed by atoms with Crippen LogP contribution in [0.2, 0.25) is 0 Å². The van der Waals surface area contributed by atoms with Gasteiger partial charge in [0.1, 0.15) is 0 Å². The Bertz CT molecular complexity index is 483. The summed E-state index contributed by atoms with van der Waals surface area (Å²) in [6.07, 6.45) is 0.773. The van der Waals surface area contributed by atoms with Crippen LogP contribution >= 0.6 is 0 Å². The van der Waals surface area contributed by atoms with Gasteiger partial charge in [-0.05, 0) is 24.1 Å². The van der Waals surface area contributed by atoms with Gasteiger partial charge in [0.15, 0.2) is 0 Å².